The number of hydrazine groups is 1. The quantitative estimate of drug-likeness (QED) is 0.329. The lowest BCUT2D eigenvalue weighted by Gasteiger charge is -2.12. The van der Waals surface area contributed by atoms with E-state index in [1.54, 1.807) is 42.5 Å². The van der Waals surface area contributed by atoms with Crippen LogP contribution >= 0.6 is 23.2 Å². The van der Waals surface area contributed by atoms with Gasteiger partial charge in [0, 0.05) is 11.4 Å². The van der Waals surface area contributed by atoms with Crippen LogP contribution in [0.25, 0.3) is 0 Å². The highest BCUT2D eigenvalue weighted by Gasteiger charge is 2.16. The molecule has 0 fully saturated rings. The van der Waals surface area contributed by atoms with Crippen molar-refractivity contribution in [2.45, 2.75) is 12.8 Å². The van der Waals surface area contributed by atoms with Crippen LogP contribution in [0.3, 0.4) is 0 Å². The largest absolute Gasteiger partial charge is 0.492 e. The molecule has 0 bridgehead atoms. The van der Waals surface area contributed by atoms with Gasteiger partial charge in [-0.2, -0.15) is 0 Å². The minimum Gasteiger partial charge on any atom is -0.492 e. The van der Waals surface area contributed by atoms with Crippen molar-refractivity contribution in [3.63, 3.8) is 0 Å². The summed E-state index contributed by atoms with van der Waals surface area (Å²) in [6, 6.07) is 14.3. The molecule has 2 aromatic carbocycles. The molecule has 166 valence electrons. The summed E-state index contributed by atoms with van der Waals surface area (Å²) in [5.41, 5.74) is 5.12. The fourth-order valence-electron chi connectivity index (χ4n) is 2.65. The van der Waals surface area contributed by atoms with Crippen molar-refractivity contribution in [1.29, 1.82) is 0 Å². The SMILES string of the molecule is O=C(CCCOc1ccc(Cl)cc1Cl)NNC(=O)c1ccccc1NC(=O)c1ccco1. The fraction of sp³-hybridized carbons (Fsp3) is 0.136. The van der Waals surface area contributed by atoms with Crippen LogP contribution in [-0.4, -0.2) is 24.3 Å². The molecule has 32 heavy (non-hydrogen) atoms. The molecule has 0 aliphatic carbocycles. The molecule has 0 unspecified atom stereocenters. The van der Waals surface area contributed by atoms with Crippen molar-refractivity contribution < 1.29 is 23.5 Å². The molecule has 1 aromatic heterocycles. The van der Waals surface area contributed by atoms with Crippen LogP contribution in [0.5, 0.6) is 5.75 Å². The van der Waals surface area contributed by atoms with E-state index < -0.39 is 17.7 Å². The van der Waals surface area contributed by atoms with Crippen LogP contribution in [-0.2, 0) is 4.79 Å². The maximum atomic E-state index is 12.5. The first-order chi connectivity index (χ1) is 15.4. The average Bonchev–Trinajstić information content (AvgIpc) is 3.32. The van der Waals surface area contributed by atoms with Gasteiger partial charge in [-0.3, -0.25) is 25.2 Å². The molecule has 0 saturated heterocycles. The Bertz CT molecular complexity index is 1100. The van der Waals surface area contributed by atoms with E-state index in [4.69, 9.17) is 32.4 Å². The van der Waals surface area contributed by atoms with Crippen LogP contribution in [0, 0.1) is 0 Å². The summed E-state index contributed by atoms with van der Waals surface area (Å²) in [6.45, 7) is 0.254. The number of ether oxygens (including phenoxy) is 1. The van der Waals surface area contributed by atoms with Crippen molar-refractivity contribution in [2.75, 3.05) is 11.9 Å². The zero-order valence-corrected chi connectivity index (χ0v) is 18.2. The van der Waals surface area contributed by atoms with Gasteiger partial charge < -0.3 is 14.5 Å². The number of halogens is 2. The van der Waals surface area contributed by atoms with Gasteiger partial charge in [0.1, 0.15) is 5.75 Å². The molecular formula is C22H19Cl2N3O5. The maximum Gasteiger partial charge on any atom is 0.291 e. The number of hydrogen-bond donors (Lipinski definition) is 3. The first-order valence-corrected chi connectivity index (χ1v) is 10.3. The summed E-state index contributed by atoms with van der Waals surface area (Å²) in [4.78, 5) is 36.7. The molecule has 3 rings (SSSR count). The van der Waals surface area contributed by atoms with E-state index in [2.05, 4.69) is 16.2 Å². The Kier molecular flexibility index (Phi) is 8.13. The van der Waals surface area contributed by atoms with E-state index >= 15 is 0 Å². The van der Waals surface area contributed by atoms with Crippen LogP contribution in [0.2, 0.25) is 10.0 Å². The van der Waals surface area contributed by atoms with Gasteiger partial charge >= 0.3 is 0 Å². The minimum absolute atomic E-state index is 0.107. The molecule has 3 N–H and O–H groups in total. The normalized spacial score (nSPS) is 10.3. The van der Waals surface area contributed by atoms with Crippen molar-refractivity contribution in [3.05, 3.63) is 82.2 Å². The highest BCUT2D eigenvalue weighted by molar-refractivity contribution is 6.35. The first kappa shape index (κ1) is 23.2. The van der Waals surface area contributed by atoms with Crippen LogP contribution in [0.1, 0.15) is 33.8 Å². The van der Waals surface area contributed by atoms with Gasteiger partial charge in [-0.1, -0.05) is 35.3 Å². The van der Waals surface area contributed by atoms with Gasteiger partial charge in [-0.15, -0.1) is 0 Å². The number of carbonyl (C=O) groups excluding carboxylic acids is 3. The predicted octanol–water partition coefficient (Wildman–Crippen LogP) is 4.46. The second-order valence-corrected chi connectivity index (χ2v) is 7.35. The third-order valence-electron chi connectivity index (χ3n) is 4.18. The van der Waals surface area contributed by atoms with E-state index in [9.17, 15) is 14.4 Å². The highest BCUT2D eigenvalue weighted by Crippen LogP contribution is 2.27. The standard InChI is InChI=1S/C22H19Cl2N3O5/c23-14-9-10-18(16(24)13-14)31-12-4-8-20(28)26-27-21(29)15-5-1-2-6-17(15)25-22(30)19-7-3-11-32-19/h1-3,5-7,9-11,13H,4,8,12H2,(H,25,30)(H,26,28)(H,27,29). The minimum atomic E-state index is -0.585. The number of hydrogen-bond acceptors (Lipinski definition) is 5. The van der Waals surface area contributed by atoms with Crippen LogP contribution in [0.15, 0.2) is 65.3 Å². The van der Waals surface area contributed by atoms with Gasteiger partial charge in [0.15, 0.2) is 5.76 Å². The van der Waals surface area contributed by atoms with E-state index in [0.717, 1.165) is 0 Å². The van der Waals surface area contributed by atoms with E-state index in [0.29, 0.717) is 22.2 Å². The summed E-state index contributed by atoms with van der Waals surface area (Å²) in [6.07, 6.45) is 1.89. The second kappa shape index (κ2) is 11.2. The number of carbonyl (C=O) groups is 3. The monoisotopic (exact) mass is 475 g/mol. The third-order valence-corrected chi connectivity index (χ3v) is 4.71. The Morgan fingerprint density at radius 3 is 2.50 bits per heavy atom. The van der Waals surface area contributed by atoms with Gasteiger partial charge in [-0.25, -0.2) is 0 Å². The van der Waals surface area contributed by atoms with Crippen molar-refractivity contribution in [3.8, 4) is 5.75 Å². The topological polar surface area (TPSA) is 110 Å². The fourth-order valence-corrected chi connectivity index (χ4v) is 3.11. The summed E-state index contributed by atoms with van der Waals surface area (Å²) >= 11 is 11.8. The molecular weight excluding hydrogens is 457 g/mol. The van der Waals surface area contributed by atoms with Crippen molar-refractivity contribution >= 4 is 46.6 Å². The molecule has 0 aliphatic heterocycles. The predicted molar refractivity (Wildman–Crippen MR) is 120 cm³/mol. The summed E-state index contributed by atoms with van der Waals surface area (Å²) in [7, 11) is 0. The maximum absolute atomic E-state index is 12.5. The first-order valence-electron chi connectivity index (χ1n) is 9.55. The molecule has 10 heteroatoms. The Hall–Kier alpha value is -3.49. The smallest absolute Gasteiger partial charge is 0.291 e. The number of para-hydroxylation sites is 1. The Balaban J connectivity index is 1.45. The molecule has 0 saturated carbocycles. The van der Waals surface area contributed by atoms with E-state index in [1.165, 1.54) is 18.4 Å². The van der Waals surface area contributed by atoms with Gasteiger partial charge in [0.2, 0.25) is 5.91 Å². The lowest BCUT2D eigenvalue weighted by atomic mass is 10.1. The lowest BCUT2D eigenvalue weighted by Crippen LogP contribution is -2.41. The zero-order chi connectivity index (χ0) is 22.9. The molecule has 3 amide bonds. The van der Waals surface area contributed by atoms with Crippen LogP contribution in [0.4, 0.5) is 5.69 Å². The van der Waals surface area contributed by atoms with Crippen molar-refractivity contribution in [2.24, 2.45) is 0 Å². The molecule has 8 nitrogen and oxygen atoms in total. The van der Waals surface area contributed by atoms with Gasteiger partial charge in [-0.05, 0) is 48.9 Å². The van der Waals surface area contributed by atoms with Crippen molar-refractivity contribution in [1.82, 2.24) is 10.9 Å². The van der Waals surface area contributed by atoms with Gasteiger partial charge in [0.05, 0.1) is 29.1 Å². The summed E-state index contributed by atoms with van der Waals surface area (Å²) in [5.74, 6) is -0.909. The Morgan fingerprint density at radius 2 is 1.75 bits per heavy atom. The summed E-state index contributed by atoms with van der Waals surface area (Å²) < 4.78 is 10.6. The Morgan fingerprint density at radius 1 is 0.938 bits per heavy atom. The van der Waals surface area contributed by atoms with E-state index in [1.807, 2.05) is 0 Å². The number of benzene rings is 2. The zero-order valence-electron chi connectivity index (χ0n) is 16.7. The average molecular weight is 476 g/mol. The number of furan rings is 1. The van der Waals surface area contributed by atoms with E-state index in [-0.39, 0.29) is 30.0 Å². The second-order valence-electron chi connectivity index (χ2n) is 6.51. The number of amides is 3. The number of anilines is 1. The highest BCUT2D eigenvalue weighted by atomic mass is 35.5. The molecule has 0 aliphatic rings. The summed E-state index contributed by atoms with van der Waals surface area (Å²) in [5, 5.41) is 3.49. The lowest BCUT2D eigenvalue weighted by molar-refractivity contribution is -0.122. The van der Waals surface area contributed by atoms with Crippen LogP contribution < -0.4 is 20.9 Å². The molecule has 3 aromatic rings. The molecule has 0 radical (unpaired) electrons. The molecule has 1 heterocycles. The Labute approximate surface area is 193 Å². The third kappa shape index (κ3) is 6.50. The number of rotatable bonds is 8. The molecule has 0 spiro atoms. The number of nitrogens with one attached hydrogen (secondary N) is 3. The van der Waals surface area contributed by atoms with Gasteiger partial charge in [0.25, 0.3) is 11.8 Å². The molecule has 0 atom stereocenters.